The van der Waals surface area contributed by atoms with Gasteiger partial charge in [-0.2, -0.15) is 0 Å². The normalized spacial score (nSPS) is 11.9. The highest BCUT2D eigenvalue weighted by molar-refractivity contribution is 6.32. The van der Waals surface area contributed by atoms with E-state index in [0.717, 1.165) is 11.3 Å². The molecule has 0 aliphatic heterocycles. The van der Waals surface area contributed by atoms with E-state index in [-0.39, 0.29) is 5.91 Å². The highest BCUT2D eigenvalue weighted by Gasteiger charge is 2.17. The maximum absolute atomic E-state index is 12.0. The maximum atomic E-state index is 12.0. The van der Waals surface area contributed by atoms with Crippen LogP contribution in [0.3, 0.4) is 0 Å². The summed E-state index contributed by atoms with van der Waals surface area (Å²) < 4.78 is 0. The molecule has 0 fully saturated rings. The van der Waals surface area contributed by atoms with E-state index in [9.17, 15) is 4.79 Å². The van der Waals surface area contributed by atoms with Gasteiger partial charge >= 0.3 is 0 Å². The van der Waals surface area contributed by atoms with Gasteiger partial charge in [0, 0.05) is 6.20 Å². The van der Waals surface area contributed by atoms with Crippen LogP contribution in [0.4, 0.5) is 5.69 Å². The molecule has 1 aromatic carbocycles. The van der Waals surface area contributed by atoms with Gasteiger partial charge in [0.1, 0.15) is 5.38 Å². The molecule has 0 saturated heterocycles. The minimum atomic E-state index is -0.703. The summed E-state index contributed by atoms with van der Waals surface area (Å²) in [6, 6.07) is 12.8. The smallest absolute Gasteiger partial charge is 0.247 e. The van der Waals surface area contributed by atoms with E-state index >= 15 is 0 Å². The van der Waals surface area contributed by atoms with E-state index in [1.54, 1.807) is 18.3 Å². The number of pyridine rings is 1. The SMILES string of the molecule is Cc1ncccc1NC(=O)C(Cl)c1ccccc1. The van der Waals surface area contributed by atoms with Crippen molar-refractivity contribution < 1.29 is 4.79 Å². The van der Waals surface area contributed by atoms with E-state index < -0.39 is 5.38 Å². The van der Waals surface area contributed by atoms with Crippen LogP contribution >= 0.6 is 11.6 Å². The molecule has 3 nitrogen and oxygen atoms in total. The fourth-order valence-corrected chi connectivity index (χ4v) is 1.79. The molecule has 1 atom stereocenters. The van der Waals surface area contributed by atoms with Gasteiger partial charge in [-0.25, -0.2) is 0 Å². The van der Waals surface area contributed by atoms with Gasteiger partial charge in [0.2, 0.25) is 5.91 Å². The van der Waals surface area contributed by atoms with E-state index in [1.807, 2.05) is 37.3 Å². The molecule has 2 aromatic rings. The Hall–Kier alpha value is -1.87. The third kappa shape index (κ3) is 2.87. The molecule has 18 heavy (non-hydrogen) atoms. The van der Waals surface area contributed by atoms with Crippen LogP contribution in [0.2, 0.25) is 0 Å². The van der Waals surface area contributed by atoms with E-state index in [1.165, 1.54) is 0 Å². The second-order valence-electron chi connectivity index (χ2n) is 3.90. The summed E-state index contributed by atoms with van der Waals surface area (Å²) in [7, 11) is 0. The maximum Gasteiger partial charge on any atom is 0.247 e. The first-order valence-corrected chi connectivity index (χ1v) is 6.03. The predicted molar refractivity (Wildman–Crippen MR) is 72.6 cm³/mol. The molecular formula is C14H13ClN2O. The van der Waals surface area contributed by atoms with Gasteiger partial charge in [-0.1, -0.05) is 30.3 Å². The van der Waals surface area contributed by atoms with Gasteiger partial charge in [-0.15, -0.1) is 11.6 Å². The highest BCUT2D eigenvalue weighted by Crippen LogP contribution is 2.22. The molecule has 92 valence electrons. The fourth-order valence-electron chi connectivity index (χ4n) is 1.59. The van der Waals surface area contributed by atoms with Crippen LogP contribution in [0.5, 0.6) is 0 Å². The number of nitrogens with one attached hydrogen (secondary N) is 1. The number of rotatable bonds is 3. The molecular weight excluding hydrogens is 248 g/mol. The van der Waals surface area contributed by atoms with Crippen molar-refractivity contribution in [3.8, 4) is 0 Å². The molecule has 0 saturated carbocycles. The lowest BCUT2D eigenvalue weighted by Crippen LogP contribution is -2.18. The molecule has 0 radical (unpaired) electrons. The Balaban J connectivity index is 2.12. The summed E-state index contributed by atoms with van der Waals surface area (Å²) in [4.78, 5) is 16.1. The monoisotopic (exact) mass is 260 g/mol. The van der Waals surface area contributed by atoms with Crippen LogP contribution in [0.1, 0.15) is 16.6 Å². The van der Waals surface area contributed by atoms with Crippen molar-refractivity contribution in [2.45, 2.75) is 12.3 Å². The first-order valence-electron chi connectivity index (χ1n) is 5.60. The molecule has 1 amide bonds. The molecule has 1 unspecified atom stereocenters. The number of nitrogens with zero attached hydrogens (tertiary/aromatic N) is 1. The average Bonchev–Trinajstić information content (AvgIpc) is 2.41. The Morgan fingerprint density at radius 1 is 1.22 bits per heavy atom. The predicted octanol–water partition coefficient (Wildman–Crippen LogP) is 3.31. The molecule has 0 aliphatic carbocycles. The number of benzene rings is 1. The number of halogens is 1. The molecule has 2 rings (SSSR count). The Labute approximate surface area is 111 Å². The highest BCUT2D eigenvalue weighted by atomic mass is 35.5. The lowest BCUT2D eigenvalue weighted by Gasteiger charge is -2.11. The van der Waals surface area contributed by atoms with Crippen molar-refractivity contribution in [3.05, 3.63) is 59.9 Å². The van der Waals surface area contributed by atoms with Gasteiger partial charge in [0.05, 0.1) is 11.4 Å². The minimum Gasteiger partial charge on any atom is -0.323 e. The molecule has 0 aliphatic rings. The van der Waals surface area contributed by atoms with Crippen LogP contribution < -0.4 is 5.32 Å². The number of hydrogen-bond donors (Lipinski definition) is 1. The van der Waals surface area contributed by atoms with E-state index in [0.29, 0.717) is 5.69 Å². The third-order valence-corrected chi connectivity index (χ3v) is 3.04. The number of alkyl halides is 1. The topological polar surface area (TPSA) is 42.0 Å². The van der Waals surface area contributed by atoms with Crippen molar-refractivity contribution in [2.24, 2.45) is 0 Å². The summed E-state index contributed by atoms with van der Waals surface area (Å²) in [5.74, 6) is -0.251. The number of carbonyl (C=O) groups is 1. The Bertz CT molecular complexity index is 543. The number of carbonyl (C=O) groups excluding carboxylic acids is 1. The molecule has 1 N–H and O–H groups in total. The molecule has 0 bridgehead atoms. The van der Waals surface area contributed by atoms with Crippen molar-refractivity contribution in [1.29, 1.82) is 0 Å². The second-order valence-corrected chi connectivity index (χ2v) is 4.34. The van der Waals surface area contributed by atoms with Crippen molar-refractivity contribution in [3.63, 3.8) is 0 Å². The van der Waals surface area contributed by atoms with Crippen LogP contribution in [0.15, 0.2) is 48.7 Å². The van der Waals surface area contributed by atoms with Gasteiger partial charge in [0.15, 0.2) is 0 Å². The standard InChI is InChI=1S/C14H13ClN2O/c1-10-12(8-5-9-16-10)17-14(18)13(15)11-6-3-2-4-7-11/h2-9,13H,1H3,(H,17,18). The lowest BCUT2D eigenvalue weighted by molar-refractivity contribution is -0.116. The largest absolute Gasteiger partial charge is 0.323 e. The minimum absolute atomic E-state index is 0.251. The zero-order valence-electron chi connectivity index (χ0n) is 9.93. The molecule has 1 aromatic heterocycles. The fraction of sp³-hybridized carbons (Fsp3) is 0.143. The summed E-state index contributed by atoms with van der Waals surface area (Å²) in [5.41, 5.74) is 2.23. The average molecular weight is 261 g/mol. The van der Waals surface area contributed by atoms with Gasteiger partial charge in [-0.05, 0) is 24.6 Å². The number of aromatic nitrogens is 1. The quantitative estimate of drug-likeness (QED) is 0.861. The molecule has 0 spiro atoms. The Kier molecular flexibility index (Phi) is 3.95. The number of amides is 1. The molecule has 1 heterocycles. The lowest BCUT2D eigenvalue weighted by atomic mass is 10.1. The number of anilines is 1. The molecule has 4 heteroatoms. The third-order valence-electron chi connectivity index (χ3n) is 2.59. The number of hydrogen-bond acceptors (Lipinski definition) is 2. The summed E-state index contributed by atoms with van der Waals surface area (Å²) in [5, 5.41) is 2.07. The van der Waals surface area contributed by atoms with Crippen molar-refractivity contribution in [1.82, 2.24) is 4.98 Å². The van der Waals surface area contributed by atoms with Crippen LogP contribution in [-0.4, -0.2) is 10.9 Å². The van der Waals surface area contributed by atoms with E-state index in [4.69, 9.17) is 11.6 Å². The second kappa shape index (κ2) is 5.65. The van der Waals surface area contributed by atoms with E-state index in [2.05, 4.69) is 10.3 Å². The van der Waals surface area contributed by atoms with Crippen molar-refractivity contribution in [2.75, 3.05) is 5.32 Å². The number of aryl methyl sites for hydroxylation is 1. The summed E-state index contributed by atoms with van der Waals surface area (Å²) >= 11 is 6.13. The Morgan fingerprint density at radius 3 is 2.61 bits per heavy atom. The first kappa shape index (κ1) is 12.6. The first-order chi connectivity index (χ1) is 8.68. The van der Waals surface area contributed by atoms with Gasteiger partial charge in [0.25, 0.3) is 0 Å². The summed E-state index contributed by atoms with van der Waals surface area (Å²) in [6.07, 6.45) is 1.68. The summed E-state index contributed by atoms with van der Waals surface area (Å²) in [6.45, 7) is 1.83. The van der Waals surface area contributed by atoms with Crippen molar-refractivity contribution >= 4 is 23.2 Å². The van der Waals surface area contributed by atoms with Gasteiger partial charge in [-0.3, -0.25) is 9.78 Å². The Morgan fingerprint density at radius 2 is 1.94 bits per heavy atom. The van der Waals surface area contributed by atoms with Crippen LogP contribution in [0.25, 0.3) is 0 Å². The van der Waals surface area contributed by atoms with Gasteiger partial charge < -0.3 is 5.32 Å². The van der Waals surface area contributed by atoms with Crippen LogP contribution in [0, 0.1) is 6.92 Å². The van der Waals surface area contributed by atoms with Crippen LogP contribution in [-0.2, 0) is 4.79 Å². The zero-order chi connectivity index (χ0) is 13.0. The zero-order valence-corrected chi connectivity index (χ0v) is 10.7.